The first-order chi connectivity index (χ1) is 7.63. The molecule has 1 atom stereocenters. The van der Waals surface area contributed by atoms with Crippen LogP contribution in [0.3, 0.4) is 0 Å². The highest BCUT2D eigenvalue weighted by molar-refractivity contribution is 4.80. The molecule has 0 bridgehead atoms. The van der Waals surface area contributed by atoms with Gasteiger partial charge in [0.05, 0.1) is 0 Å². The molecule has 1 N–H and O–H groups in total. The standard InChI is InChI=1S/C14H33N3/c1-12(2)13(11-15-14(3,4)5)17(8)10-9-16(6)7/h12-13,15H,9-11H2,1-8H3. The molecule has 0 amide bonds. The SMILES string of the molecule is CC(C)C(CNC(C)(C)C)N(C)CCN(C)C. The molecule has 0 spiro atoms. The van der Waals surface area contributed by atoms with Crippen molar-refractivity contribution in [3.8, 4) is 0 Å². The van der Waals surface area contributed by atoms with Gasteiger partial charge in [0.25, 0.3) is 0 Å². The zero-order valence-electron chi connectivity index (χ0n) is 13.2. The molecular weight excluding hydrogens is 210 g/mol. The van der Waals surface area contributed by atoms with Gasteiger partial charge in [0.1, 0.15) is 0 Å². The first-order valence-electron chi connectivity index (χ1n) is 6.73. The first-order valence-corrected chi connectivity index (χ1v) is 6.73. The Balaban J connectivity index is 4.22. The number of rotatable bonds is 7. The van der Waals surface area contributed by atoms with Crippen molar-refractivity contribution >= 4 is 0 Å². The molecular formula is C14H33N3. The van der Waals surface area contributed by atoms with E-state index in [2.05, 4.69) is 70.9 Å². The number of nitrogens with zero attached hydrogens (tertiary/aromatic N) is 2. The van der Waals surface area contributed by atoms with E-state index in [-0.39, 0.29) is 5.54 Å². The van der Waals surface area contributed by atoms with Crippen LogP contribution < -0.4 is 5.32 Å². The van der Waals surface area contributed by atoms with Crippen LogP contribution in [0.5, 0.6) is 0 Å². The molecule has 3 nitrogen and oxygen atoms in total. The van der Waals surface area contributed by atoms with Gasteiger partial charge in [0.2, 0.25) is 0 Å². The lowest BCUT2D eigenvalue weighted by Crippen LogP contribution is -2.49. The molecule has 0 rings (SSSR count). The van der Waals surface area contributed by atoms with E-state index < -0.39 is 0 Å². The molecule has 0 aromatic carbocycles. The van der Waals surface area contributed by atoms with E-state index in [0.717, 1.165) is 19.6 Å². The minimum Gasteiger partial charge on any atom is -0.311 e. The predicted molar refractivity (Wildman–Crippen MR) is 77.6 cm³/mol. The van der Waals surface area contributed by atoms with Crippen LogP contribution in [0.1, 0.15) is 34.6 Å². The summed E-state index contributed by atoms with van der Waals surface area (Å²) in [6.45, 7) is 14.6. The highest BCUT2D eigenvalue weighted by Gasteiger charge is 2.20. The number of likely N-dealkylation sites (N-methyl/N-ethyl adjacent to an activating group) is 2. The molecule has 0 heterocycles. The van der Waals surface area contributed by atoms with Crippen LogP contribution in [-0.2, 0) is 0 Å². The van der Waals surface area contributed by atoms with Gasteiger partial charge in [-0.3, -0.25) is 0 Å². The zero-order chi connectivity index (χ0) is 13.6. The minimum absolute atomic E-state index is 0.204. The van der Waals surface area contributed by atoms with Crippen molar-refractivity contribution in [3.63, 3.8) is 0 Å². The topological polar surface area (TPSA) is 18.5 Å². The summed E-state index contributed by atoms with van der Waals surface area (Å²) in [7, 11) is 6.50. The average molecular weight is 243 g/mol. The van der Waals surface area contributed by atoms with Crippen LogP contribution in [0.4, 0.5) is 0 Å². The van der Waals surface area contributed by atoms with Gasteiger partial charge >= 0.3 is 0 Å². The third-order valence-corrected chi connectivity index (χ3v) is 3.08. The van der Waals surface area contributed by atoms with E-state index in [1.165, 1.54) is 0 Å². The van der Waals surface area contributed by atoms with Crippen molar-refractivity contribution < 1.29 is 0 Å². The Morgan fingerprint density at radius 2 is 1.53 bits per heavy atom. The summed E-state index contributed by atoms with van der Waals surface area (Å²) < 4.78 is 0. The van der Waals surface area contributed by atoms with Crippen LogP contribution in [-0.4, -0.2) is 62.2 Å². The Morgan fingerprint density at radius 3 is 1.88 bits per heavy atom. The summed E-state index contributed by atoms with van der Waals surface area (Å²) in [6, 6.07) is 0.606. The van der Waals surface area contributed by atoms with Gasteiger partial charge in [-0.2, -0.15) is 0 Å². The lowest BCUT2D eigenvalue weighted by Gasteiger charge is -2.34. The predicted octanol–water partition coefficient (Wildman–Crippen LogP) is 1.89. The van der Waals surface area contributed by atoms with Gasteiger partial charge in [-0.25, -0.2) is 0 Å². The molecule has 17 heavy (non-hydrogen) atoms. The van der Waals surface area contributed by atoms with Crippen molar-refractivity contribution in [2.75, 3.05) is 40.8 Å². The van der Waals surface area contributed by atoms with E-state index >= 15 is 0 Å². The van der Waals surface area contributed by atoms with E-state index in [4.69, 9.17) is 0 Å². The second kappa shape index (κ2) is 7.34. The third kappa shape index (κ3) is 8.58. The molecule has 0 aromatic heterocycles. The fraction of sp³-hybridized carbons (Fsp3) is 1.00. The van der Waals surface area contributed by atoms with E-state index in [9.17, 15) is 0 Å². The second-order valence-corrected chi connectivity index (χ2v) is 6.73. The summed E-state index contributed by atoms with van der Waals surface area (Å²) >= 11 is 0. The van der Waals surface area contributed by atoms with Crippen molar-refractivity contribution in [1.29, 1.82) is 0 Å². The molecule has 3 heteroatoms. The summed E-state index contributed by atoms with van der Waals surface area (Å²) in [5.41, 5.74) is 0.204. The van der Waals surface area contributed by atoms with Gasteiger partial charge in [0, 0.05) is 31.2 Å². The number of nitrogens with one attached hydrogen (secondary N) is 1. The Bertz CT molecular complexity index is 194. The molecule has 0 saturated carbocycles. The molecule has 104 valence electrons. The Kier molecular flexibility index (Phi) is 7.29. The molecule has 1 unspecified atom stereocenters. The van der Waals surface area contributed by atoms with Crippen molar-refractivity contribution in [1.82, 2.24) is 15.1 Å². The lowest BCUT2D eigenvalue weighted by atomic mass is 10.0. The van der Waals surface area contributed by atoms with Crippen LogP contribution in [0.25, 0.3) is 0 Å². The van der Waals surface area contributed by atoms with Crippen molar-refractivity contribution in [2.45, 2.75) is 46.2 Å². The van der Waals surface area contributed by atoms with Gasteiger partial charge in [-0.1, -0.05) is 13.8 Å². The minimum atomic E-state index is 0.204. The van der Waals surface area contributed by atoms with E-state index in [1.807, 2.05) is 0 Å². The van der Waals surface area contributed by atoms with E-state index in [0.29, 0.717) is 12.0 Å². The third-order valence-electron chi connectivity index (χ3n) is 3.08. The van der Waals surface area contributed by atoms with E-state index in [1.54, 1.807) is 0 Å². The van der Waals surface area contributed by atoms with Crippen LogP contribution in [0.2, 0.25) is 0 Å². The molecule has 0 aliphatic heterocycles. The fourth-order valence-electron chi connectivity index (χ4n) is 1.83. The maximum Gasteiger partial charge on any atom is 0.0241 e. The summed E-state index contributed by atoms with van der Waals surface area (Å²) in [5.74, 6) is 0.678. The molecule has 0 fully saturated rings. The Labute approximate surface area is 109 Å². The quantitative estimate of drug-likeness (QED) is 0.737. The molecule has 0 aliphatic carbocycles. The number of hydrogen-bond donors (Lipinski definition) is 1. The molecule has 0 radical (unpaired) electrons. The normalized spacial score (nSPS) is 15.0. The summed E-state index contributed by atoms with van der Waals surface area (Å²) in [4.78, 5) is 4.72. The smallest absolute Gasteiger partial charge is 0.0241 e. The fourth-order valence-corrected chi connectivity index (χ4v) is 1.83. The first kappa shape index (κ1) is 16.9. The van der Waals surface area contributed by atoms with Crippen molar-refractivity contribution in [3.05, 3.63) is 0 Å². The van der Waals surface area contributed by atoms with Crippen LogP contribution >= 0.6 is 0 Å². The van der Waals surface area contributed by atoms with Crippen molar-refractivity contribution in [2.24, 2.45) is 5.92 Å². The molecule has 0 aliphatic rings. The maximum atomic E-state index is 3.62. The largest absolute Gasteiger partial charge is 0.311 e. The summed E-state index contributed by atoms with van der Waals surface area (Å²) in [6.07, 6.45) is 0. The van der Waals surface area contributed by atoms with Gasteiger partial charge in [-0.05, 0) is 47.8 Å². The summed E-state index contributed by atoms with van der Waals surface area (Å²) in [5, 5.41) is 3.62. The average Bonchev–Trinajstić information content (AvgIpc) is 2.12. The number of hydrogen-bond acceptors (Lipinski definition) is 3. The van der Waals surface area contributed by atoms with Gasteiger partial charge < -0.3 is 15.1 Å². The Morgan fingerprint density at radius 1 is 1.00 bits per heavy atom. The van der Waals surface area contributed by atoms with Crippen LogP contribution in [0, 0.1) is 5.92 Å². The highest BCUT2D eigenvalue weighted by Crippen LogP contribution is 2.10. The van der Waals surface area contributed by atoms with Gasteiger partial charge in [-0.15, -0.1) is 0 Å². The zero-order valence-corrected chi connectivity index (χ0v) is 13.2. The van der Waals surface area contributed by atoms with Gasteiger partial charge in [0.15, 0.2) is 0 Å². The Hall–Kier alpha value is -0.120. The van der Waals surface area contributed by atoms with Crippen LogP contribution in [0.15, 0.2) is 0 Å². The highest BCUT2D eigenvalue weighted by atomic mass is 15.2. The molecule has 0 aromatic rings. The molecule has 0 saturated heterocycles. The lowest BCUT2D eigenvalue weighted by molar-refractivity contribution is 0.164. The second-order valence-electron chi connectivity index (χ2n) is 6.73. The maximum absolute atomic E-state index is 3.62. The monoisotopic (exact) mass is 243 g/mol.